The standard InChI is InChI=1S/C46H48N4O3/c1-28-21-23-35-34(25-28)38-40-39(32-19-13-14-20-33(32)42(38)53-46(35,5)6)48-37-26-31(22-24-36(37)47-40)44(52)50(27-29-15-9-7-10-16-29)41(30-17-11-8-12-18-30)43(51)49-45(2,3)4/h7-20,22,24,26,28,34-35,41H,21,23,25,27H2,1-6H3,(H,49,51)/t28-,34-,35-,41?/m0/s1. The summed E-state index contributed by atoms with van der Waals surface area (Å²) in [7, 11) is 0. The van der Waals surface area contributed by atoms with Crippen molar-refractivity contribution < 1.29 is 14.3 Å². The van der Waals surface area contributed by atoms with Gasteiger partial charge in [-0.1, -0.05) is 98.3 Å². The Kier molecular flexibility index (Phi) is 8.71. The number of nitrogens with one attached hydrogen (secondary N) is 1. The summed E-state index contributed by atoms with van der Waals surface area (Å²) in [6, 6.07) is 32.4. The zero-order valence-corrected chi connectivity index (χ0v) is 31.5. The van der Waals surface area contributed by atoms with Gasteiger partial charge in [-0.15, -0.1) is 0 Å². The van der Waals surface area contributed by atoms with Crippen molar-refractivity contribution in [2.45, 2.75) is 90.4 Å². The Morgan fingerprint density at radius 1 is 0.849 bits per heavy atom. The van der Waals surface area contributed by atoms with Crippen LogP contribution in [0.2, 0.25) is 0 Å². The average Bonchev–Trinajstić information content (AvgIpc) is 3.13. The maximum Gasteiger partial charge on any atom is 0.255 e. The molecule has 4 atom stereocenters. The van der Waals surface area contributed by atoms with E-state index in [4.69, 9.17) is 14.7 Å². The average molecular weight is 705 g/mol. The zero-order chi connectivity index (χ0) is 37.1. The zero-order valence-electron chi connectivity index (χ0n) is 31.5. The molecule has 1 unspecified atom stereocenters. The molecule has 0 saturated heterocycles. The Morgan fingerprint density at radius 2 is 1.51 bits per heavy atom. The van der Waals surface area contributed by atoms with Gasteiger partial charge in [-0.25, -0.2) is 9.97 Å². The fraction of sp³-hybridized carbons (Fsp3) is 0.348. The van der Waals surface area contributed by atoms with Crippen molar-refractivity contribution in [2.75, 3.05) is 0 Å². The number of amides is 2. The monoisotopic (exact) mass is 704 g/mol. The van der Waals surface area contributed by atoms with E-state index in [0.717, 1.165) is 57.0 Å². The number of nitrogens with zero attached hydrogens (tertiary/aromatic N) is 3. The van der Waals surface area contributed by atoms with Crippen molar-refractivity contribution in [2.24, 2.45) is 11.8 Å². The van der Waals surface area contributed by atoms with Crippen LogP contribution in [0.5, 0.6) is 5.75 Å². The molecule has 1 fully saturated rings. The minimum atomic E-state index is -0.868. The molecule has 270 valence electrons. The highest BCUT2D eigenvalue weighted by Gasteiger charge is 2.47. The lowest BCUT2D eigenvalue weighted by Crippen LogP contribution is -2.49. The van der Waals surface area contributed by atoms with Gasteiger partial charge in [-0.05, 0) is 88.6 Å². The SMILES string of the molecule is C[C@H]1CC[C@H]2[C@H](C1)c1c(c3ccccc3c3nc4cc(C(=O)N(Cc5ccccc5)C(C(=O)NC(C)(C)C)c5ccccc5)ccc4nc13)OC2(C)C. The molecule has 6 aromatic rings. The number of rotatable bonds is 6. The number of ether oxygens (including phenoxy) is 1. The second kappa shape index (κ2) is 13.3. The second-order valence-corrected chi connectivity index (χ2v) is 16.7. The molecule has 2 amide bonds. The van der Waals surface area contributed by atoms with Gasteiger partial charge in [0.25, 0.3) is 5.91 Å². The number of carbonyl (C=O) groups is 2. The van der Waals surface area contributed by atoms with Crippen molar-refractivity contribution in [1.29, 1.82) is 0 Å². The van der Waals surface area contributed by atoms with Crippen LogP contribution in [0.25, 0.3) is 32.8 Å². The number of hydrogen-bond acceptors (Lipinski definition) is 5. The molecule has 5 aromatic carbocycles. The first-order chi connectivity index (χ1) is 25.4. The maximum absolute atomic E-state index is 14.9. The molecule has 0 spiro atoms. The molecule has 1 aliphatic carbocycles. The van der Waals surface area contributed by atoms with Crippen molar-refractivity contribution in [3.05, 3.63) is 125 Å². The van der Waals surface area contributed by atoms with Crippen LogP contribution in [0, 0.1) is 11.8 Å². The molecular formula is C46H48N4O3. The lowest BCUT2D eigenvalue weighted by Gasteiger charge is -2.49. The van der Waals surface area contributed by atoms with E-state index in [9.17, 15) is 9.59 Å². The van der Waals surface area contributed by atoms with E-state index in [1.54, 1.807) is 4.90 Å². The van der Waals surface area contributed by atoms with Crippen LogP contribution < -0.4 is 10.1 Å². The lowest BCUT2D eigenvalue weighted by atomic mass is 9.64. The number of fused-ring (bicyclic) bond motifs is 9. The van der Waals surface area contributed by atoms with E-state index in [1.165, 1.54) is 12.0 Å². The largest absolute Gasteiger partial charge is 0.487 e. The Labute approximate surface area is 311 Å². The summed E-state index contributed by atoms with van der Waals surface area (Å²) in [4.78, 5) is 41.4. The Hall–Kier alpha value is -5.30. The van der Waals surface area contributed by atoms with Crippen LogP contribution in [-0.2, 0) is 11.3 Å². The van der Waals surface area contributed by atoms with Gasteiger partial charge in [0.15, 0.2) is 0 Å². The first-order valence-corrected chi connectivity index (χ1v) is 18.9. The van der Waals surface area contributed by atoms with E-state index in [2.05, 4.69) is 44.3 Å². The quantitative estimate of drug-likeness (QED) is 0.138. The third-order valence-electron chi connectivity index (χ3n) is 11.2. The van der Waals surface area contributed by atoms with E-state index in [-0.39, 0.29) is 24.0 Å². The molecule has 53 heavy (non-hydrogen) atoms. The first-order valence-electron chi connectivity index (χ1n) is 18.9. The van der Waals surface area contributed by atoms with Crippen molar-refractivity contribution in [1.82, 2.24) is 20.2 Å². The molecular weight excluding hydrogens is 657 g/mol. The summed E-state index contributed by atoms with van der Waals surface area (Å²) in [5.74, 6) is 1.75. The number of benzene rings is 5. The predicted molar refractivity (Wildman–Crippen MR) is 212 cm³/mol. The third-order valence-corrected chi connectivity index (χ3v) is 11.2. The molecule has 2 heterocycles. The molecule has 1 aromatic heterocycles. The highest BCUT2D eigenvalue weighted by Crippen LogP contribution is 2.56. The Balaban J connectivity index is 1.28. The normalized spacial score (nSPS) is 19.9. The highest BCUT2D eigenvalue weighted by atomic mass is 16.5. The molecule has 7 heteroatoms. The van der Waals surface area contributed by atoms with Gasteiger partial charge >= 0.3 is 0 Å². The van der Waals surface area contributed by atoms with Crippen molar-refractivity contribution in [3.8, 4) is 5.75 Å². The van der Waals surface area contributed by atoms with Gasteiger partial charge in [0.2, 0.25) is 5.91 Å². The van der Waals surface area contributed by atoms with E-state index < -0.39 is 11.6 Å². The summed E-state index contributed by atoms with van der Waals surface area (Å²) in [6.07, 6.45) is 3.41. The van der Waals surface area contributed by atoms with Gasteiger partial charge in [0, 0.05) is 39.9 Å². The van der Waals surface area contributed by atoms with Gasteiger partial charge in [-0.3, -0.25) is 9.59 Å². The fourth-order valence-electron chi connectivity index (χ4n) is 8.80. The van der Waals surface area contributed by atoms with Crippen LogP contribution in [0.3, 0.4) is 0 Å². The topological polar surface area (TPSA) is 84.4 Å². The number of hydrogen-bond donors (Lipinski definition) is 1. The number of carbonyl (C=O) groups excluding carboxylic acids is 2. The fourth-order valence-corrected chi connectivity index (χ4v) is 8.80. The Bertz CT molecular complexity index is 2350. The molecule has 0 radical (unpaired) electrons. The first kappa shape index (κ1) is 34.8. The highest BCUT2D eigenvalue weighted by molar-refractivity contribution is 6.11. The molecule has 1 aliphatic heterocycles. The molecule has 1 saturated carbocycles. The maximum atomic E-state index is 14.9. The van der Waals surface area contributed by atoms with E-state index in [1.807, 2.05) is 106 Å². The predicted octanol–water partition coefficient (Wildman–Crippen LogP) is 9.93. The molecule has 7 nitrogen and oxygen atoms in total. The van der Waals surface area contributed by atoms with Gasteiger partial charge in [-0.2, -0.15) is 0 Å². The number of aromatic nitrogens is 2. The van der Waals surface area contributed by atoms with Crippen molar-refractivity contribution in [3.63, 3.8) is 0 Å². The summed E-state index contributed by atoms with van der Waals surface area (Å²) in [6.45, 7) is 12.9. The van der Waals surface area contributed by atoms with E-state index in [0.29, 0.717) is 28.8 Å². The summed E-state index contributed by atoms with van der Waals surface area (Å²) in [5.41, 5.74) is 5.56. The molecule has 2 aliphatic rings. The van der Waals surface area contributed by atoms with Gasteiger partial charge < -0.3 is 15.0 Å². The minimum absolute atomic E-state index is 0.239. The van der Waals surface area contributed by atoms with Gasteiger partial charge in [0.1, 0.15) is 17.4 Å². The van der Waals surface area contributed by atoms with Crippen LogP contribution in [-0.4, -0.2) is 37.8 Å². The minimum Gasteiger partial charge on any atom is -0.487 e. The lowest BCUT2D eigenvalue weighted by molar-refractivity contribution is -0.127. The molecule has 8 rings (SSSR count). The van der Waals surface area contributed by atoms with Gasteiger partial charge in [0.05, 0.1) is 22.1 Å². The van der Waals surface area contributed by atoms with Crippen molar-refractivity contribution >= 4 is 44.7 Å². The molecule has 0 bridgehead atoms. The third kappa shape index (κ3) is 6.51. The second-order valence-electron chi connectivity index (χ2n) is 16.7. The summed E-state index contributed by atoms with van der Waals surface area (Å²) < 4.78 is 6.94. The van der Waals surface area contributed by atoms with Crippen LogP contribution in [0.4, 0.5) is 0 Å². The Morgan fingerprint density at radius 3 is 2.23 bits per heavy atom. The van der Waals surface area contributed by atoms with Crippen LogP contribution >= 0.6 is 0 Å². The van der Waals surface area contributed by atoms with Crippen LogP contribution in [0.15, 0.2) is 103 Å². The summed E-state index contributed by atoms with van der Waals surface area (Å²) >= 11 is 0. The molecule has 1 N–H and O–H groups in total. The van der Waals surface area contributed by atoms with E-state index >= 15 is 0 Å². The van der Waals surface area contributed by atoms with Crippen LogP contribution in [0.1, 0.15) is 99.8 Å². The summed E-state index contributed by atoms with van der Waals surface area (Å²) in [5, 5.41) is 5.18. The smallest absolute Gasteiger partial charge is 0.255 e.